The van der Waals surface area contributed by atoms with Gasteiger partial charge in [-0.2, -0.15) is 10.2 Å². The van der Waals surface area contributed by atoms with Crippen LogP contribution in [0, 0.1) is 13.8 Å². The van der Waals surface area contributed by atoms with Crippen molar-refractivity contribution in [2.45, 2.75) is 33.4 Å². The molecule has 7 heteroatoms. The van der Waals surface area contributed by atoms with Crippen LogP contribution in [0.2, 0.25) is 0 Å². The molecule has 3 rings (SSSR count). The Bertz CT molecular complexity index is 897. The van der Waals surface area contributed by atoms with Gasteiger partial charge in [0.2, 0.25) is 5.91 Å². The van der Waals surface area contributed by atoms with E-state index in [1.165, 1.54) is 0 Å². The number of aryl methyl sites for hydroxylation is 3. The molecule has 2 aromatic heterocycles. The fourth-order valence-corrected chi connectivity index (χ4v) is 2.80. The van der Waals surface area contributed by atoms with E-state index < -0.39 is 0 Å². The summed E-state index contributed by atoms with van der Waals surface area (Å²) in [4.78, 5) is 12.1. The number of methoxy groups -OCH3 is 1. The maximum Gasteiger partial charge on any atom is 0.226 e. The summed E-state index contributed by atoms with van der Waals surface area (Å²) in [5.41, 5.74) is 3.78. The van der Waals surface area contributed by atoms with Gasteiger partial charge in [-0.1, -0.05) is 12.1 Å². The molecular formula is C19H23N5O2. The topological polar surface area (TPSA) is 74.0 Å². The number of carbonyl (C=O) groups is 1. The normalized spacial score (nSPS) is 10.7. The lowest BCUT2D eigenvalue weighted by Crippen LogP contribution is -2.15. The number of carbonyl (C=O) groups excluding carboxylic acids is 1. The van der Waals surface area contributed by atoms with Gasteiger partial charge in [0.1, 0.15) is 5.75 Å². The fourth-order valence-electron chi connectivity index (χ4n) is 2.80. The Morgan fingerprint density at radius 1 is 1.27 bits per heavy atom. The first kappa shape index (κ1) is 17.7. The van der Waals surface area contributed by atoms with Gasteiger partial charge < -0.3 is 10.1 Å². The molecule has 0 fully saturated rings. The summed E-state index contributed by atoms with van der Waals surface area (Å²) >= 11 is 0. The number of rotatable bonds is 7. The molecule has 136 valence electrons. The summed E-state index contributed by atoms with van der Waals surface area (Å²) in [6, 6.07) is 9.83. The molecule has 2 heterocycles. The van der Waals surface area contributed by atoms with Crippen LogP contribution in [0.4, 0.5) is 5.69 Å². The zero-order valence-electron chi connectivity index (χ0n) is 15.3. The Morgan fingerprint density at radius 3 is 2.85 bits per heavy atom. The molecule has 1 N–H and O–H groups in total. The molecule has 3 aromatic rings. The van der Waals surface area contributed by atoms with Crippen molar-refractivity contribution in [3.05, 3.63) is 59.7 Å². The van der Waals surface area contributed by atoms with Crippen molar-refractivity contribution in [2.75, 3.05) is 12.4 Å². The monoisotopic (exact) mass is 353 g/mol. The van der Waals surface area contributed by atoms with Crippen LogP contribution in [-0.4, -0.2) is 32.6 Å². The minimum Gasteiger partial charge on any atom is -0.497 e. The van der Waals surface area contributed by atoms with Crippen molar-refractivity contribution in [3.63, 3.8) is 0 Å². The highest BCUT2D eigenvalue weighted by atomic mass is 16.5. The SMILES string of the molecule is COc1cccc(Cn2cc(NC(=O)CCn3nc(C)cc3C)cn2)c1. The first-order valence-corrected chi connectivity index (χ1v) is 8.50. The van der Waals surface area contributed by atoms with Crippen LogP contribution in [0.25, 0.3) is 0 Å². The minimum absolute atomic E-state index is 0.0570. The van der Waals surface area contributed by atoms with Gasteiger partial charge in [0, 0.05) is 24.9 Å². The van der Waals surface area contributed by atoms with Crippen LogP contribution in [0.1, 0.15) is 23.4 Å². The molecule has 0 bridgehead atoms. The van der Waals surface area contributed by atoms with E-state index in [4.69, 9.17) is 4.74 Å². The molecule has 0 aliphatic heterocycles. The molecule has 7 nitrogen and oxygen atoms in total. The summed E-state index contributed by atoms with van der Waals surface area (Å²) in [7, 11) is 1.65. The molecule has 1 aromatic carbocycles. The average Bonchev–Trinajstić information content (AvgIpc) is 3.18. The van der Waals surface area contributed by atoms with Gasteiger partial charge in [-0.05, 0) is 37.6 Å². The first-order chi connectivity index (χ1) is 12.5. The second-order valence-corrected chi connectivity index (χ2v) is 6.23. The van der Waals surface area contributed by atoms with Crippen LogP contribution in [0.3, 0.4) is 0 Å². The highest BCUT2D eigenvalue weighted by Crippen LogP contribution is 2.14. The minimum atomic E-state index is -0.0570. The van der Waals surface area contributed by atoms with Crippen molar-refractivity contribution in [1.29, 1.82) is 0 Å². The summed E-state index contributed by atoms with van der Waals surface area (Å²) in [6.45, 7) is 5.10. The number of amides is 1. The molecular weight excluding hydrogens is 330 g/mol. The Kier molecular flexibility index (Phi) is 5.36. The first-order valence-electron chi connectivity index (χ1n) is 8.50. The lowest BCUT2D eigenvalue weighted by Gasteiger charge is -2.05. The summed E-state index contributed by atoms with van der Waals surface area (Å²) in [5, 5.41) is 11.5. The van der Waals surface area contributed by atoms with E-state index in [2.05, 4.69) is 15.5 Å². The molecule has 0 atom stereocenters. The molecule has 1 amide bonds. The standard InChI is InChI=1S/C19H23N5O2/c1-14-9-15(2)24(22-14)8-7-19(25)21-17-11-20-23(13-17)12-16-5-4-6-18(10-16)26-3/h4-6,9-11,13H,7-8,12H2,1-3H3,(H,21,25). The number of nitrogens with zero attached hydrogens (tertiary/aromatic N) is 4. The van der Waals surface area contributed by atoms with E-state index in [0.717, 1.165) is 22.7 Å². The highest BCUT2D eigenvalue weighted by Gasteiger charge is 2.08. The summed E-state index contributed by atoms with van der Waals surface area (Å²) in [6.07, 6.45) is 3.84. The van der Waals surface area contributed by atoms with E-state index >= 15 is 0 Å². The van der Waals surface area contributed by atoms with Crippen molar-refractivity contribution < 1.29 is 9.53 Å². The molecule has 0 spiro atoms. The van der Waals surface area contributed by atoms with E-state index in [1.807, 2.05) is 55.1 Å². The van der Waals surface area contributed by atoms with Crippen molar-refractivity contribution in [2.24, 2.45) is 0 Å². The molecule has 0 aliphatic carbocycles. The number of anilines is 1. The average molecular weight is 353 g/mol. The Morgan fingerprint density at radius 2 is 2.12 bits per heavy atom. The Labute approximate surface area is 152 Å². The molecule has 0 saturated heterocycles. The van der Waals surface area contributed by atoms with Crippen LogP contribution in [-0.2, 0) is 17.9 Å². The molecule has 0 radical (unpaired) electrons. The molecule has 26 heavy (non-hydrogen) atoms. The zero-order valence-corrected chi connectivity index (χ0v) is 15.3. The number of nitrogens with one attached hydrogen (secondary N) is 1. The number of hydrogen-bond donors (Lipinski definition) is 1. The maximum atomic E-state index is 12.1. The number of hydrogen-bond acceptors (Lipinski definition) is 4. The fraction of sp³-hybridized carbons (Fsp3) is 0.316. The molecule has 0 saturated carbocycles. The largest absolute Gasteiger partial charge is 0.497 e. The maximum absolute atomic E-state index is 12.1. The van der Waals surface area contributed by atoms with Gasteiger partial charge >= 0.3 is 0 Å². The van der Waals surface area contributed by atoms with E-state index in [9.17, 15) is 4.79 Å². The van der Waals surface area contributed by atoms with Crippen molar-refractivity contribution in [1.82, 2.24) is 19.6 Å². The van der Waals surface area contributed by atoms with E-state index in [-0.39, 0.29) is 5.91 Å². The third kappa shape index (κ3) is 4.50. The van der Waals surface area contributed by atoms with Crippen molar-refractivity contribution in [3.8, 4) is 5.75 Å². The smallest absolute Gasteiger partial charge is 0.226 e. The molecule has 0 unspecified atom stereocenters. The number of benzene rings is 1. The van der Waals surface area contributed by atoms with E-state index in [0.29, 0.717) is 25.2 Å². The van der Waals surface area contributed by atoms with Crippen LogP contribution >= 0.6 is 0 Å². The Balaban J connectivity index is 1.54. The third-order valence-corrected chi connectivity index (χ3v) is 4.05. The summed E-state index contributed by atoms with van der Waals surface area (Å²) < 4.78 is 8.86. The van der Waals surface area contributed by atoms with Gasteiger partial charge in [0.25, 0.3) is 0 Å². The van der Waals surface area contributed by atoms with Gasteiger partial charge in [-0.25, -0.2) is 0 Å². The predicted octanol–water partition coefficient (Wildman–Crippen LogP) is 2.78. The second kappa shape index (κ2) is 7.86. The lowest BCUT2D eigenvalue weighted by molar-refractivity contribution is -0.116. The van der Waals surface area contributed by atoms with Gasteiger partial charge in [-0.3, -0.25) is 14.2 Å². The quantitative estimate of drug-likeness (QED) is 0.709. The molecule has 0 aliphatic rings. The predicted molar refractivity (Wildman–Crippen MR) is 99.3 cm³/mol. The zero-order chi connectivity index (χ0) is 18.5. The van der Waals surface area contributed by atoms with E-state index in [1.54, 1.807) is 18.0 Å². The third-order valence-electron chi connectivity index (χ3n) is 4.05. The number of ether oxygens (including phenoxy) is 1. The van der Waals surface area contributed by atoms with Crippen molar-refractivity contribution >= 4 is 11.6 Å². The highest BCUT2D eigenvalue weighted by molar-refractivity contribution is 5.90. The van der Waals surface area contributed by atoms with Gasteiger partial charge in [0.05, 0.1) is 31.2 Å². The van der Waals surface area contributed by atoms with Crippen LogP contribution in [0.5, 0.6) is 5.75 Å². The lowest BCUT2D eigenvalue weighted by atomic mass is 10.2. The van der Waals surface area contributed by atoms with Gasteiger partial charge in [-0.15, -0.1) is 0 Å². The number of aromatic nitrogens is 4. The summed E-state index contributed by atoms with van der Waals surface area (Å²) in [5.74, 6) is 0.755. The van der Waals surface area contributed by atoms with Gasteiger partial charge in [0.15, 0.2) is 0 Å². The Hall–Kier alpha value is -3.09. The van der Waals surface area contributed by atoms with Crippen LogP contribution in [0.15, 0.2) is 42.7 Å². The second-order valence-electron chi connectivity index (χ2n) is 6.23. The van der Waals surface area contributed by atoms with Crippen LogP contribution < -0.4 is 10.1 Å².